The third-order valence-electron chi connectivity index (χ3n) is 9.79. The number of ketones is 1. The van der Waals surface area contributed by atoms with Gasteiger partial charge >= 0.3 is 5.97 Å². The van der Waals surface area contributed by atoms with Gasteiger partial charge in [0.2, 0.25) is 0 Å². The number of Topliss-reactive ketones (excluding diaryl/α,β-unsaturated/α-hetero) is 1. The zero-order chi connectivity index (χ0) is 35.3. The SMILES string of the molecule is CC(C)(C(=O)OCCCCCCN1C(=O)C=CC1=O)c1ccc(C(=O)CCCN2CCC(OC(c3ccccc3)c3ccccc3)CC2)cc1. The number of carbonyl (C=O) groups excluding carboxylic acids is 4. The second-order valence-electron chi connectivity index (χ2n) is 13.8. The molecule has 3 aromatic rings. The number of likely N-dealkylation sites (tertiary alicyclic amines) is 1. The number of benzene rings is 3. The maximum absolute atomic E-state index is 13.0. The molecule has 0 spiro atoms. The Morgan fingerprint density at radius 3 is 1.92 bits per heavy atom. The third kappa shape index (κ3) is 10.1. The zero-order valence-corrected chi connectivity index (χ0v) is 29.4. The lowest BCUT2D eigenvalue weighted by Gasteiger charge is -2.34. The quantitative estimate of drug-likeness (QED) is 0.0607. The molecule has 3 aromatic carbocycles. The van der Waals surface area contributed by atoms with Crippen molar-refractivity contribution in [2.45, 2.75) is 82.8 Å². The summed E-state index contributed by atoms with van der Waals surface area (Å²) in [4.78, 5) is 52.8. The molecule has 0 unspecified atom stereocenters. The summed E-state index contributed by atoms with van der Waals surface area (Å²) in [6.45, 7) is 7.19. The van der Waals surface area contributed by atoms with Gasteiger partial charge in [-0.15, -0.1) is 0 Å². The van der Waals surface area contributed by atoms with Gasteiger partial charge in [0, 0.05) is 43.8 Å². The molecule has 1 saturated heterocycles. The largest absolute Gasteiger partial charge is 0.465 e. The van der Waals surface area contributed by atoms with Crippen LogP contribution in [-0.4, -0.2) is 72.3 Å². The van der Waals surface area contributed by atoms with E-state index in [0.29, 0.717) is 31.6 Å². The van der Waals surface area contributed by atoms with Crippen LogP contribution in [0.25, 0.3) is 0 Å². The molecule has 0 aromatic heterocycles. The molecule has 50 heavy (non-hydrogen) atoms. The summed E-state index contributed by atoms with van der Waals surface area (Å²) < 4.78 is 12.3. The molecule has 2 heterocycles. The molecule has 8 nitrogen and oxygen atoms in total. The third-order valence-corrected chi connectivity index (χ3v) is 9.79. The monoisotopic (exact) mass is 678 g/mol. The minimum Gasteiger partial charge on any atom is -0.465 e. The topological polar surface area (TPSA) is 93.2 Å². The number of piperidine rings is 1. The molecule has 0 saturated carbocycles. The number of esters is 1. The molecule has 0 atom stereocenters. The Morgan fingerprint density at radius 2 is 1.32 bits per heavy atom. The first kappa shape index (κ1) is 36.9. The standard InChI is InChI=1S/C42H50N2O6/c1-42(2,41(48)49-31-12-4-3-11-28-44-38(46)23-24-39(44)47)35-21-19-32(20-22-35)37(45)18-13-27-43-29-25-36(26-30-43)50-40(33-14-7-5-8-15-33)34-16-9-6-10-17-34/h5-10,14-17,19-24,36,40H,3-4,11-13,18,25-31H2,1-2H3. The van der Waals surface area contributed by atoms with Crippen molar-refractivity contribution in [3.63, 3.8) is 0 Å². The van der Waals surface area contributed by atoms with Crippen LogP contribution in [0.4, 0.5) is 0 Å². The lowest BCUT2D eigenvalue weighted by Crippen LogP contribution is -2.38. The number of ether oxygens (including phenoxy) is 2. The lowest BCUT2D eigenvalue weighted by atomic mass is 9.84. The Bertz CT molecular complexity index is 1540. The van der Waals surface area contributed by atoms with Crippen LogP contribution in [0.5, 0.6) is 0 Å². The predicted octanol–water partition coefficient (Wildman–Crippen LogP) is 7.23. The molecule has 1 fully saturated rings. The average Bonchev–Trinajstić information content (AvgIpc) is 3.47. The molecular weight excluding hydrogens is 628 g/mol. The minimum atomic E-state index is -0.844. The highest BCUT2D eigenvalue weighted by Crippen LogP contribution is 2.30. The average molecular weight is 679 g/mol. The molecule has 0 bridgehead atoms. The molecule has 0 radical (unpaired) electrons. The van der Waals surface area contributed by atoms with Crippen LogP contribution in [0.2, 0.25) is 0 Å². The van der Waals surface area contributed by atoms with E-state index in [1.54, 1.807) is 0 Å². The Hall–Kier alpha value is -4.40. The van der Waals surface area contributed by atoms with Crippen LogP contribution in [0.1, 0.15) is 98.4 Å². The van der Waals surface area contributed by atoms with Gasteiger partial charge < -0.3 is 14.4 Å². The number of unbranched alkanes of at least 4 members (excludes halogenated alkanes) is 3. The van der Waals surface area contributed by atoms with Crippen molar-refractivity contribution in [1.29, 1.82) is 0 Å². The smallest absolute Gasteiger partial charge is 0.315 e. The summed E-state index contributed by atoms with van der Waals surface area (Å²) in [5.41, 5.74) is 2.96. The zero-order valence-electron chi connectivity index (χ0n) is 29.4. The molecular formula is C42H50N2O6. The van der Waals surface area contributed by atoms with Crippen molar-refractivity contribution >= 4 is 23.6 Å². The van der Waals surface area contributed by atoms with Crippen molar-refractivity contribution < 1.29 is 28.7 Å². The summed E-state index contributed by atoms with van der Waals surface area (Å²) in [7, 11) is 0. The normalized spacial score (nSPS) is 15.6. The van der Waals surface area contributed by atoms with Crippen LogP contribution in [0.15, 0.2) is 97.1 Å². The van der Waals surface area contributed by atoms with Crippen molar-refractivity contribution in [2.75, 3.05) is 32.8 Å². The van der Waals surface area contributed by atoms with E-state index in [1.807, 2.05) is 50.2 Å². The Labute approximate surface area is 296 Å². The van der Waals surface area contributed by atoms with Gasteiger partial charge in [-0.05, 0) is 75.6 Å². The van der Waals surface area contributed by atoms with Crippen LogP contribution in [0.3, 0.4) is 0 Å². The number of hydrogen-bond acceptors (Lipinski definition) is 7. The highest BCUT2D eigenvalue weighted by atomic mass is 16.5. The highest BCUT2D eigenvalue weighted by molar-refractivity contribution is 6.12. The van der Waals surface area contributed by atoms with E-state index in [-0.39, 0.29) is 35.8 Å². The first-order chi connectivity index (χ1) is 24.2. The summed E-state index contributed by atoms with van der Waals surface area (Å²) in [5.74, 6) is -0.706. The number of amides is 2. The van der Waals surface area contributed by atoms with Crippen molar-refractivity contribution in [2.24, 2.45) is 0 Å². The number of carbonyl (C=O) groups is 4. The fraction of sp³-hybridized carbons (Fsp3) is 0.429. The minimum absolute atomic E-state index is 0.0805. The van der Waals surface area contributed by atoms with Crippen LogP contribution < -0.4 is 0 Å². The van der Waals surface area contributed by atoms with Gasteiger partial charge in [0.15, 0.2) is 5.78 Å². The van der Waals surface area contributed by atoms with E-state index in [2.05, 4.69) is 53.4 Å². The molecule has 0 N–H and O–H groups in total. The van der Waals surface area contributed by atoms with Crippen LogP contribution in [-0.2, 0) is 29.3 Å². The van der Waals surface area contributed by atoms with Gasteiger partial charge in [0.05, 0.1) is 18.1 Å². The van der Waals surface area contributed by atoms with Gasteiger partial charge in [-0.1, -0.05) is 91.3 Å². The van der Waals surface area contributed by atoms with Crippen molar-refractivity contribution in [1.82, 2.24) is 9.80 Å². The summed E-state index contributed by atoms with van der Waals surface area (Å²) in [6, 6.07) is 28.2. The van der Waals surface area contributed by atoms with E-state index in [0.717, 1.165) is 63.7 Å². The molecule has 8 heteroatoms. The van der Waals surface area contributed by atoms with E-state index in [4.69, 9.17) is 9.47 Å². The molecule has 2 amide bonds. The number of hydrogen-bond donors (Lipinski definition) is 0. The fourth-order valence-electron chi connectivity index (χ4n) is 6.59. The highest BCUT2D eigenvalue weighted by Gasteiger charge is 2.32. The van der Waals surface area contributed by atoms with E-state index < -0.39 is 5.41 Å². The first-order valence-electron chi connectivity index (χ1n) is 18.0. The fourth-order valence-corrected chi connectivity index (χ4v) is 6.59. The van der Waals surface area contributed by atoms with Crippen molar-refractivity contribution in [3.05, 3.63) is 119 Å². The molecule has 5 rings (SSSR count). The Morgan fingerprint density at radius 1 is 0.740 bits per heavy atom. The molecule has 2 aliphatic heterocycles. The number of nitrogens with zero attached hydrogens (tertiary/aromatic N) is 2. The maximum Gasteiger partial charge on any atom is 0.315 e. The number of rotatable bonds is 18. The van der Waals surface area contributed by atoms with Gasteiger partial charge in [0.25, 0.3) is 11.8 Å². The number of imide groups is 1. The van der Waals surface area contributed by atoms with Crippen molar-refractivity contribution in [3.8, 4) is 0 Å². The second kappa shape index (κ2) is 18.0. The second-order valence-corrected chi connectivity index (χ2v) is 13.8. The van der Waals surface area contributed by atoms with Gasteiger partial charge in [-0.2, -0.15) is 0 Å². The lowest BCUT2D eigenvalue weighted by molar-refractivity contribution is -0.149. The van der Waals surface area contributed by atoms with E-state index in [1.165, 1.54) is 28.2 Å². The van der Waals surface area contributed by atoms with Gasteiger partial charge in [-0.25, -0.2) is 0 Å². The van der Waals surface area contributed by atoms with E-state index in [9.17, 15) is 19.2 Å². The van der Waals surface area contributed by atoms with Gasteiger partial charge in [0.1, 0.15) is 6.10 Å². The van der Waals surface area contributed by atoms with Crippen LogP contribution in [0, 0.1) is 0 Å². The molecule has 264 valence electrons. The predicted molar refractivity (Wildman–Crippen MR) is 194 cm³/mol. The maximum atomic E-state index is 13.0. The molecule has 2 aliphatic rings. The van der Waals surface area contributed by atoms with E-state index >= 15 is 0 Å². The Kier molecular flexibility index (Phi) is 13.3. The first-order valence-corrected chi connectivity index (χ1v) is 18.0. The van der Waals surface area contributed by atoms with Crippen LogP contribution >= 0.6 is 0 Å². The summed E-state index contributed by atoms with van der Waals surface area (Å²) >= 11 is 0. The van der Waals surface area contributed by atoms with Gasteiger partial charge in [-0.3, -0.25) is 24.1 Å². The molecule has 0 aliphatic carbocycles. The summed E-state index contributed by atoms with van der Waals surface area (Å²) in [5, 5.41) is 0. The Balaban J connectivity index is 0.980. The summed E-state index contributed by atoms with van der Waals surface area (Å²) in [6.07, 6.45) is 9.03.